The number of carbonyl (C=O) groups excluding carboxylic acids is 2. The number of benzene rings is 2. The van der Waals surface area contributed by atoms with Crippen molar-refractivity contribution >= 4 is 38.5 Å². The van der Waals surface area contributed by atoms with E-state index in [0.29, 0.717) is 25.1 Å². The summed E-state index contributed by atoms with van der Waals surface area (Å²) in [6, 6.07) is 15.1. The normalized spacial score (nSPS) is 13.5. The van der Waals surface area contributed by atoms with E-state index >= 15 is 0 Å². The van der Waals surface area contributed by atoms with Gasteiger partial charge in [0.1, 0.15) is 12.4 Å². The van der Waals surface area contributed by atoms with Crippen LogP contribution in [0.1, 0.15) is 29.6 Å². The Labute approximate surface area is 185 Å². The van der Waals surface area contributed by atoms with Crippen molar-refractivity contribution in [3.63, 3.8) is 0 Å². The van der Waals surface area contributed by atoms with Crippen molar-refractivity contribution < 1.29 is 14.3 Å². The molecule has 31 heavy (non-hydrogen) atoms. The van der Waals surface area contributed by atoms with E-state index in [1.54, 1.807) is 6.07 Å². The highest BCUT2D eigenvalue weighted by Crippen LogP contribution is 2.27. The zero-order valence-electron chi connectivity index (χ0n) is 17.3. The third kappa shape index (κ3) is 5.73. The van der Waals surface area contributed by atoms with Crippen LogP contribution in [0.3, 0.4) is 0 Å². The van der Waals surface area contributed by atoms with Crippen LogP contribution in [0, 0.1) is 0 Å². The molecule has 1 fully saturated rings. The molecular weight excluding hydrogens is 412 g/mol. The number of likely N-dealkylation sites (tertiary alicyclic amines) is 1. The molecular formula is C23H26N4O3S. The molecule has 0 aliphatic carbocycles. The number of thiazole rings is 1. The van der Waals surface area contributed by atoms with Crippen molar-refractivity contribution in [2.75, 3.05) is 38.1 Å². The predicted octanol–water partition coefficient (Wildman–Crippen LogP) is 3.53. The second kappa shape index (κ2) is 10.3. The fourth-order valence-electron chi connectivity index (χ4n) is 3.50. The summed E-state index contributed by atoms with van der Waals surface area (Å²) in [4.78, 5) is 30.6. The summed E-state index contributed by atoms with van der Waals surface area (Å²) >= 11 is 1.53. The van der Waals surface area contributed by atoms with E-state index in [-0.39, 0.29) is 11.8 Å². The monoisotopic (exact) mass is 438 g/mol. The molecule has 2 aromatic carbocycles. The molecule has 0 atom stereocenters. The Bertz CT molecular complexity index is 1040. The molecule has 2 heterocycles. The van der Waals surface area contributed by atoms with Crippen LogP contribution in [0.4, 0.5) is 5.13 Å². The lowest BCUT2D eigenvalue weighted by molar-refractivity contribution is -0.127. The molecule has 0 spiro atoms. The minimum Gasteiger partial charge on any atom is -0.492 e. The van der Waals surface area contributed by atoms with Gasteiger partial charge in [-0.2, -0.15) is 0 Å². The maximum absolute atomic E-state index is 12.4. The van der Waals surface area contributed by atoms with Crippen LogP contribution < -0.4 is 15.4 Å². The van der Waals surface area contributed by atoms with E-state index in [2.05, 4.69) is 15.6 Å². The number of anilines is 1. The quantitative estimate of drug-likeness (QED) is 0.473. The number of rotatable bonds is 10. The predicted molar refractivity (Wildman–Crippen MR) is 123 cm³/mol. The van der Waals surface area contributed by atoms with Gasteiger partial charge >= 0.3 is 0 Å². The first kappa shape index (κ1) is 21.1. The van der Waals surface area contributed by atoms with Gasteiger partial charge in [-0.25, -0.2) is 4.98 Å². The van der Waals surface area contributed by atoms with Crippen LogP contribution in [0.2, 0.25) is 0 Å². The summed E-state index contributed by atoms with van der Waals surface area (Å²) in [6.45, 7) is 3.27. The smallest absolute Gasteiger partial charge is 0.251 e. The molecule has 1 saturated heterocycles. The Balaban J connectivity index is 1.23. The van der Waals surface area contributed by atoms with Gasteiger partial charge in [0.15, 0.2) is 5.13 Å². The third-order valence-electron chi connectivity index (χ3n) is 5.10. The van der Waals surface area contributed by atoms with E-state index in [4.69, 9.17) is 4.74 Å². The molecule has 1 aliphatic heterocycles. The molecule has 0 bridgehead atoms. The van der Waals surface area contributed by atoms with Gasteiger partial charge in [-0.15, -0.1) is 0 Å². The fourth-order valence-corrected chi connectivity index (χ4v) is 4.43. The summed E-state index contributed by atoms with van der Waals surface area (Å²) in [5.74, 6) is 0.920. The molecule has 8 heteroatoms. The highest BCUT2D eigenvalue weighted by molar-refractivity contribution is 7.22. The summed E-state index contributed by atoms with van der Waals surface area (Å²) in [6.07, 6.45) is 2.54. The molecule has 0 radical (unpaired) electrons. The van der Waals surface area contributed by atoms with Crippen molar-refractivity contribution in [1.29, 1.82) is 0 Å². The van der Waals surface area contributed by atoms with Crippen molar-refractivity contribution in [1.82, 2.24) is 15.2 Å². The summed E-state index contributed by atoms with van der Waals surface area (Å²) < 4.78 is 6.56. The highest BCUT2D eigenvalue weighted by Gasteiger charge is 2.19. The number of nitrogens with zero attached hydrogens (tertiary/aromatic N) is 2. The molecule has 0 saturated carbocycles. The van der Waals surface area contributed by atoms with Crippen LogP contribution in [-0.2, 0) is 4.79 Å². The minimum absolute atomic E-state index is 0.128. The first-order valence-electron chi connectivity index (χ1n) is 10.6. The van der Waals surface area contributed by atoms with Gasteiger partial charge in [0.2, 0.25) is 5.91 Å². The van der Waals surface area contributed by atoms with Gasteiger partial charge in [0.25, 0.3) is 5.91 Å². The van der Waals surface area contributed by atoms with E-state index < -0.39 is 0 Å². The lowest BCUT2D eigenvalue weighted by atomic mass is 10.2. The maximum Gasteiger partial charge on any atom is 0.251 e. The average molecular weight is 439 g/mol. The second-order valence-corrected chi connectivity index (χ2v) is 8.41. The van der Waals surface area contributed by atoms with Crippen LogP contribution in [0.5, 0.6) is 5.75 Å². The van der Waals surface area contributed by atoms with E-state index in [1.807, 2.05) is 47.4 Å². The number of nitrogens with one attached hydrogen (secondary N) is 2. The van der Waals surface area contributed by atoms with Crippen molar-refractivity contribution in [3.05, 3.63) is 54.1 Å². The maximum atomic E-state index is 12.4. The largest absolute Gasteiger partial charge is 0.492 e. The Morgan fingerprint density at radius 1 is 1.16 bits per heavy atom. The molecule has 1 aliphatic rings. The van der Waals surface area contributed by atoms with Crippen LogP contribution in [-0.4, -0.2) is 54.5 Å². The average Bonchev–Trinajstić information content (AvgIpc) is 3.39. The first-order chi connectivity index (χ1) is 15.2. The highest BCUT2D eigenvalue weighted by atomic mass is 32.1. The lowest BCUT2D eigenvalue weighted by Gasteiger charge is -2.14. The second-order valence-electron chi connectivity index (χ2n) is 7.38. The number of carbonyl (C=O) groups is 2. The van der Waals surface area contributed by atoms with E-state index in [0.717, 1.165) is 53.6 Å². The van der Waals surface area contributed by atoms with Crippen LogP contribution in [0.15, 0.2) is 48.5 Å². The molecule has 3 aromatic rings. The Hall–Kier alpha value is -3.13. The number of aromatic nitrogens is 1. The van der Waals surface area contributed by atoms with Crippen LogP contribution >= 0.6 is 11.3 Å². The molecule has 162 valence electrons. The Morgan fingerprint density at radius 2 is 2.03 bits per heavy atom. The lowest BCUT2D eigenvalue weighted by Crippen LogP contribution is -2.28. The number of hydrogen-bond donors (Lipinski definition) is 2. The minimum atomic E-state index is -0.128. The van der Waals surface area contributed by atoms with Gasteiger partial charge < -0.3 is 20.3 Å². The number of fused-ring (bicyclic) bond motifs is 1. The topological polar surface area (TPSA) is 83.6 Å². The standard InChI is InChI=1S/C23H26N4O3S/c28-21-8-4-13-27(21)14-5-11-25-23-26-19-10-9-17(16-20(19)31-23)22(29)24-12-15-30-18-6-2-1-3-7-18/h1-3,6-7,9-10,16H,4-5,8,11-15H2,(H,24,29)(H,25,26). The zero-order valence-corrected chi connectivity index (χ0v) is 18.1. The van der Waals surface area contributed by atoms with Gasteiger partial charge in [-0.3, -0.25) is 9.59 Å². The molecule has 0 unspecified atom stereocenters. The van der Waals surface area contributed by atoms with Gasteiger partial charge in [0, 0.05) is 31.6 Å². The van der Waals surface area contributed by atoms with E-state index in [9.17, 15) is 9.59 Å². The Morgan fingerprint density at radius 3 is 2.84 bits per heavy atom. The summed E-state index contributed by atoms with van der Waals surface area (Å²) in [5, 5.41) is 7.05. The number of amides is 2. The SMILES string of the molecule is O=C(NCCOc1ccccc1)c1ccc2nc(NCCCN3CCCC3=O)sc2c1. The van der Waals surface area contributed by atoms with Gasteiger partial charge in [0.05, 0.1) is 16.8 Å². The summed E-state index contributed by atoms with van der Waals surface area (Å²) in [7, 11) is 0. The molecule has 2 N–H and O–H groups in total. The zero-order chi connectivity index (χ0) is 21.5. The number of para-hydroxylation sites is 1. The first-order valence-corrected chi connectivity index (χ1v) is 11.4. The van der Waals surface area contributed by atoms with Crippen molar-refractivity contribution in [3.8, 4) is 5.75 Å². The summed E-state index contributed by atoms with van der Waals surface area (Å²) in [5.41, 5.74) is 1.47. The Kier molecular flexibility index (Phi) is 6.99. The molecule has 4 rings (SSSR count). The molecule has 1 aromatic heterocycles. The van der Waals surface area contributed by atoms with Crippen molar-refractivity contribution in [2.45, 2.75) is 19.3 Å². The van der Waals surface area contributed by atoms with Crippen LogP contribution in [0.25, 0.3) is 10.2 Å². The van der Waals surface area contributed by atoms with Gasteiger partial charge in [-0.1, -0.05) is 29.5 Å². The van der Waals surface area contributed by atoms with Crippen molar-refractivity contribution in [2.24, 2.45) is 0 Å². The third-order valence-corrected chi connectivity index (χ3v) is 6.08. The van der Waals surface area contributed by atoms with E-state index in [1.165, 1.54) is 11.3 Å². The fraction of sp³-hybridized carbons (Fsp3) is 0.348. The van der Waals surface area contributed by atoms with Gasteiger partial charge in [-0.05, 0) is 43.2 Å². The molecule has 2 amide bonds. The number of ether oxygens (including phenoxy) is 1. The molecule has 7 nitrogen and oxygen atoms in total. The number of hydrogen-bond acceptors (Lipinski definition) is 6.